The number of hydrogen-bond donors (Lipinski definition) is 1. The molecule has 0 amide bonds. The van der Waals surface area contributed by atoms with E-state index >= 15 is 0 Å². The highest BCUT2D eigenvalue weighted by Gasteiger charge is 2.17. The van der Waals surface area contributed by atoms with Crippen LogP contribution in [0.15, 0.2) is 28.9 Å². The van der Waals surface area contributed by atoms with Crippen molar-refractivity contribution >= 4 is 0 Å². The molecule has 0 spiro atoms. The third kappa shape index (κ3) is 1.97. The minimum absolute atomic E-state index is 0.0317. The van der Waals surface area contributed by atoms with E-state index in [0.717, 1.165) is 22.7 Å². The fraction of sp³-hybridized carbons (Fsp3) is 0.333. The van der Waals surface area contributed by atoms with Gasteiger partial charge in [-0.1, -0.05) is 0 Å². The van der Waals surface area contributed by atoms with Gasteiger partial charge in [-0.3, -0.25) is 0 Å². The van der Waals surface area contributed by atoms with Crippen molar-refractivity contribution in [3.8, 4) is 0 Å². The Balaban J connectivity index is 2.44. The lowest BCUT2D eigenvalue weighted by Crippen LogP contribution is -2.19. The van der Waals surface area contributed by atoms with Crippen LogP contribution in [0.25, 0.3) is 0 Å². The molecular weight excluding hydrogens is 202 g/mol. The Morgan fingerprint density at radius 2 is 2.12 bits per heavy atom. The minimum Gasteiger partial charge on any atom is -0.467 e. The Morgan fingerprint density at radius 1 is 1.31 bits per heavy atom. The number of hydrogen-bond acceptors (Lipinski definition) is 4. The maximum atomic E-state index is 5.43. The molecule has 0 radical (unpaired) electrons. The van der Waals surface area contributed by atoms with E-state index in [2.05, 4.69) is 15.5 Å². The number of rotatable bonds is 3. The lowest BCUT2D eigenvalue weighted by molar-refractivity contribution is 0.461. The van der Waals surface area contributed by atoms with Gasteiger partial charge in [-0.25, -0.2) is 0 Å². The summed E-state index contributed by atoms with van der Waals surface area (Å²) >= 11 is 0. The Bertz CT molecular complexity index is 465. The molecule has 0 aliphatic heterocycles. The van der Waals surface area contributed by atoms with E-state index < -0.39 is 0 Å². The van der Waals surface area contributed by atoms with Gasteiger partial charge >= 0.3 is 0 Å². The molecule has 1 unspecified atom stereocenters. The zero-order valence-electron chi connectivity index (χ0n) is 9.69. The molecule has 2 aromatic heterocycles. The van der Waals surface area contributed by atoms with E-state index in [9.17, 15) is 0 Å². The molecule has 2 heterocycles. The quantitative estimate of drug-likeness (QED) is 0.854. The van der Waals surface area contributed by atoms with Crippen LogP contribution in [-0.4, -0.2) is 17.2 Å². The standard InChI is InChI=1S/C12H15N3O/c1-8-7-10(9(2)15-14-8)12(13-3)11-5-4-6-16-11/h4-7,12-13H,1-3H3. The van der Waals surface area contributed by atoms with Crippen molar-refractivity contribution in [3.05, 3.63) is 47.2 Å². The predicted molar refractivity (Wildman–Crippen MR) is 61.1 cm³/mol. The average molecular weight is 217 g/mol. The van der Waals surface area contributed by atoms with Crippen LogP contribution >= 0.6 is 0 Å². The molecule has 16 heavy (non-hydrogen) atoms. The number of aryl methyl sites for hydroxylation is 2. The first-order chi connectivity index (χ1) is 7.72. The third-order valence-electron chi connectivity index (χ3n) is 2.57. The van der Waals surface area contributed by atoms with Gasteiger partial charge in [0, 0.05) is 5.56 Å². The predicted octanol–water partition coefficient (Wildman–Crippen LogP) is 2.00. The summed E-state index contributed by atoms with van der Waals surface area (Å²) in [6, 6.07) is 5.91. The number of furan rings is 1. The SMILES string of the molecule is CNC(c1ccco1)c1cc(C)nnc1C. The molecule has 1 atom stereocenters. The van der Waals surface area contributed by atoms with E-state index in [1.807, 2.05) is 39.1 Å². The van der Waals surface area contributed by atoms with Crippen molar-refractivity contribution in [2.24, 2.45) is 0 Å². The van der Waals surface area contributed by atoms with Crippen LogP contribution < -0.4 is 5.32 Å². The highest BCUT2D eigenvalue weighted by Crippen LogP contribution is 2.23. The molecule has 0 fully saturated rings. The highest BCUT2D eigenvalue weighted by atomic mass is 16.3. The highest BCUT2D eigenvalue weighted by molar-refractivity contribution is 5.29. The topological polar surface area (TPSA) is 51.0 Å². The molecule has 2 aromatic rings. The summed E-state index contributed by atoms with van der Waals surface area (Å²) in [4.78, 5) is 0. The summed E-state index contributed by atoms with van der Waals surface area (Å²) in [5, 5.41) is 11.4. The van der Waals surface area contributed by atoms with Crippen molar-refractivity contribution in [1.29, 1.82) is 0 Å². The van der Waals surface area contributed by atoms with Crippen molar-refractivity contribution in [2.45, 2.75) is 19.9 Å². The Labute approximate surface area is 94.7 Å². The van der Waals surface area contributed by atoms with Gasteiger partial charge in [-0.15, -0.1) is 0 Å². The molecule has 0 bridgehead atoms. The molecule has 0 saturated carbocycles. The third-order valence-corrected chi connectivity index (χ3v) is 2.57. The van der Waals surface area contributed by atoms with Gasteiger partial charge in [0.05, 0.1) is 23.7 Å². The molecule has 0 aromatic carbocycles. The van der Waals surface area contributed by atoms with E-state index in [1.54, 1.807) is 6.26 Å². The fourth-order valence-electron chi connectivity index (χ4n) is 1.77. The molecule has 0 aliphatic carbocycles. The van der Waals surface area contributed by atoms with Gasteiger partial charge in [0.1, 0.15) is 5.76 Å². The van der Waals surface area contributed by atoms with Crippen LogP contribution in [0.4, 0.5) is 0 Å². The second-order valence-electron chi connectivity index (χ2n) is 3.76. The maximum Gasteiger partial charge on any atom is 0.125 e. The zero-order chi connectivity index (χ0) is 11.5. The fourth-order valence-corrected chi connectivity index (χ4v) is 1.77. The van der Waals surface area contributed by atoms with Crippen LogP contribution in [0, 0.1) is 13.8 Å². The summed E-state index contributed by atoms with van der Waals surface area (Å²) in [6.07, 6.45) is 1.68. The second-order valence-corrected chi connectivity index (χ2v) is 3.76. The number of aromatic nitrogens is 2. The summed E-state index contributed by atoms with van der Waals surface area (Å²) < 4.78 is 5.43. The largest absolute Gasteiger partial charge is 0.467 e. The average Bonchev–Trinajstić information content (AvgIpc) is 2.78. The Morgan fingerprint density at radius 3 is 2.75 bits per heavy atom. The van der Waals surface area contributed by atoms with E-state index in [-0.39, 0.29) is 6.04 Å². The lowest BCUT2D eigenvalue weighted by Gasteiger charge is -2.15. The van der Waals surface area contributed by atoms with Gasteiger partial charge in [0.15, 0.2) is 0 Å². The summed E-state index contributed by atoms with van der Waals surface area (Å²) in [6.45, 7) is 3.89. The molecule has 4 heteroatoms. The van der Waals surface area contributed by atoms with E-state index in [1.165, 1.54) is 0 Å². The van der Waals surface area contributed by atoms with Gasteiger partial charge in [-0.2, -0.15) is 10.2 Å². The second kappa shape index (κ2) is 4.45. The van der Waals surface area contributed by atoms with Crippen LogP contribution in [0.3, 0.4) is 0 Å². The summed E-state index contributed by atoms with van der Waals surface area (Å²) in [7, 11) is 1.91. The van der Waals surface area contributed by atoms with Crippen LogP contribution in [0.1, 0.15) is 28.8 Å². The normalized spacial score (nSPS) is 12.7. The van der Waals surface area contributed by atoms with Crippen LogP contribution in [0.2, 0.25) is 0 Å². The molecule has 0 aliphatic rings. The van der Waals surface area contributed by atoms with Gasteiger partial charge in [0.2, 0.25) is 0 Å². The first-order valence-corrected chi connectivity index (χ1v) is 5.24. The molecule has 0 saturated heterocycles. The first-order valence-electron chi connectivity index (χ1n) is 5.24. The Kier molecular flexibility index (Phi) is 3.01. The van der Waals surface area contributed by atoms with Crippen LogP contribution in [0.5, 0.6) is 0 Å². The van der Waals surface area contributed by atoms with Gasteiger partial charge < -0.3 is 9.73 Å². The van der Waals surface area contributed by atoms with Crippen molar-refractivity contribution in [2.75, 3.05) is 7.05 Å². The molecule has 2 rings (SSSR count). The summed E-state index contributed by atoms with van der Waals surface area (Å²) in [5.74, 6) is 0.887. The molecule has 1 N–H and O–H groups in total. The van der Waals surface area contributed by atoms with Crippen molar-refractivity contribution in [1.82, 2.24) is 15.5 Å². The molecular formula is C12H15N3O. The van der Waals surface area contributed by atoms with Crippen molar-refractivity contribution in [3.63, 3.8) is 0 Å². The number of nitrogens with one attached hydrogen (secondary N) is 1. The number of nitrogens with zero attached hydrogens (tertiary/aromatic N) is 2. The smallest absolute Gasteiger partial charge is 0.125 e. The van der Waals surface area contributed by atoms with Gasteiger partial charge in [0.25, 0.3) is 0 Å². The lowest BCUT2D eigenvalue weighted by atomic mass is 10.0. The zero-order valence-corrected chi connectivity index (χ0v) is 9.69. The van der Waals surface area contributed by atoms with E-state index in [4.69, 9.17) is 4.42 Å². The van der Waals surface area contributed by atoms with E-state index in [0.29, 0.717) is 0 Å². The maximum absolute atomic E-state index is 5.43. The monoisotopic (exact) mass is 217 g/mol. The molecule has 4 nitrogen and oxygen atoms in total. The van der Waals surface area contributed by atoms with Crippen molar-refractivity contribution < 1.29 is 4.42 Å². The first kappa shape index (κ1) is 10.8. The van der Waals surface area contributed by atoms with Crippen LogP contribution in [-0.2, 0) is 0 Å². The van der Waals surface area contributed by atoms with Gasteiger partial charge in [-0.05, 0) is 39.1 Å². The molecule has 84 valence electrons. The Hall–Kier alpha value is -1.68. The summed E-state index contributed by atoms with van der Waals surface area (Å²) in [5.41, 5.74) is 2.93. The minimum atomic E-state index is 0.0317.